The molecule has 1 N–H and O–H groups in total. The van der Waals surface area contributed by atoms with Gasteiger partial charge in [-0.15, -0.1) is 0 Å². The fraction of sp³-hybridized carbons (Fsp3) is 0.588. The van der Waals surface area contributed by atoms with Gasteiger partial charge in [-0.1, -0.05) is 38.2 Å². The summed E-state index contributed by atoms with van der Waals surface area (Å²) in [5.74, 6) is 0.939. The maximum Gasteiger partial charge on any atom is 0.224 e. The summed E-state index contributed by atoms with van der Waals surface area (Å²) in [6, 6.07) is 6.19. The van der Waals surface area contributed by atoms with Gasteiger partial charge in [0, 0.05) is 12.1 Å². The summed E-state index contributed by atoms with van der Waals surface area (Å²) < 4.78 is 0. The molecular weight excluding hydrogens is 234 g/mol. The number of aryl methyl sites for hydroxylation is 2. The fourth-order valence-electron chi connectivity index (χ4n) is 3.08. The van der Waals surface area contributed by atoms with Crippen molar-refractivity contribution in [2.45, 2.75) is 58.8 Å². The zero-order valence-corrected chi connectivity index (χ0v) is 12.2. The molecule has 0 heterocycles. The Labute approximate surface area is 116 Å². The first-order valence-electron chi connectivity index (χ1n) is 7.51. The van der Waals surface area contributed by atoms with Crippen LogP contribution in [-0.2, 0) is 4.79 Å². The zero-order valence-electron chi connectivity index (χ0n) is 12.2. The first kappa shape index (κ1) is 14.1. The molecule has 0 saturated heterocycles. The Bertz CT molecular complexity index is 413. The van der Waals surface area contributed by atoms with Crippen molar-refractivity contribution in [1.29, 1.82) is 0 Å². The van der Waals surface area contributed by atoms with Crippen LogP contribution in [0.15, 0.2) is 18.2 Å². The maximum absolute atomic E-state index is 12.0. The second-order valence-corrected chi connectivity index (χ2v) is 5.97. The fourth-order valence-corrected chi connectivity index (χ4v) is 3.08. The van der Waals surface area contributed by atoms with E-state index in [1.54, 1.807) is 0 Å². The van der Waals surface area contributed by atoms with Gasteiger partial charge >= 0.3 is 0 Å². The third-order valence-electron chi connectivity index (χ3n) is 4.01. The number of carbonyl (C=O) groups is 1. The SMILES string of the molecule is Cc1cc(C)cc(NC(=O)CCC2CCCCC2)c1. The molecule has 1 aromatic carbocycles. The number of hydrogen-bond donors (Lipinski definition) is 1. The van der Waals surface area contributed by atoms with Gasteiger partial charge in [0.1, 0.15) is 0 Å². The van der Waals surface area contributed by atoms with Crippen LogP contribution < -0.4 is 5.32 Å². The number of amides is 1. The van der Waals surface area contributed by atoms with Crippen LogP contribution in [0.5, 0.6) is 0 Å². The summed E-state index contributed by atoms with van der Waals surface area (Å²) in [5.41, 5.74) is 3.33. The quantitative estimate of drug-likeness (QED) is 0.841. The smallest absolute Gasteiger partial charge is 0.224 e. The minimum atomic E-state index is 0.163. The summed E-state index contributed by atoms with van der Waals surface area (Å²) in [5, 5.41) is 3.02. The molecule has 0 radical (unpaired) electrons. The lowest BCUT2D eigenvalue weighted by molar-refractivity contribution is -0.116. The van der Waals surface area contributed by atoms with Crippen LogP contribution in [-0.4, -0.2) is 5.91 Å². The van der Waals surface area contributed by atoms with E-state index < -0.39 is 0 Å². The molecule has 19 heavy (non-hydrogen) atoms. The average Bonchev–Trinajstić information content (AvgIpc) is 2.36. The Morgan fingerprint density at radius 1 is 1.11 bits per heavy atom. The van der Waals surface area contributed by atoms with Crippen LogP contribution >= 0.6 is 0 Å². The minimum Gasteiger partial charge on any atom is -0.326 e. The highest BCUT2D eigenvalue weighted by molar-refractivity contribution is 5.90. The van der Waals surface area contributed by atoms with Crippen LogP contribution in [0.2, 0.25) is 0 Å². The predicted octanol–water partition coefficient (Wildman–Crippen LogP) is 4.60. The van der Waals surface area contributed by atoms with E-state index in [0.717, 1.165) is 18.0 Å². The van der Waals surface area contributed by atoms with Gasteiger partial charge in [-0.2, -0.15) is 0 Å². The zero-order chi connectivity index (χ0) is 13.7. The highest BCUT2D eigenvalue weighted by Gasteiger charge is 2.14. The van der Waals surface area contributed by atoms with Crippen molar-refractivity contribution in [3.63, 3.8) is 0 Å². The van der Waals surface area contributed by atoms with Crippen LogP contribution in [0.25, 0.3) is 0 Å². The van der Waals surface area contributed by atoms with Gasteiger partial charge in [-0.3, -0.25) is 4.79 Å². The van der Waals surface area contributed by atoms with Gasteiger partial charge < -0.3 is 5.32 Å². The van der Waals surface area contributed by atoms with Crippen molar-refractivity contribution in [1.82, 2.24) is 0 Å². The molecule has 1 aromatic rings. The molecule has 0 spiro atoms. The van der Waals surface area contributed by atoms with E-state index in [2.05, 4.69) is 25.2 Å². The van der Waals surface area contributed by atoms with Gasteiger partial charge in [0.15, 0.2) is 0 Å². The van der Waals surface area contributed by atoms with Crippen molar-refractivity contribution >= 4 is 11.6 Å². The Morgan fingerprint density at radius 3 is 2.37 bits per heavy atom. The van der Waals surface area contributed by atoms with Crippen LogP contribution in [0.1, 0.15) is 56.1 Å². The Balaban J connectivity index is 1.80. The number of hydrogen-bond acceptors (Lipinski definition) is 1. The second-order valence-electron chi connectivity index (χ2n) is 5.97. The molecule has 2 nitrogen and oxygen atoms in total. The highest BCUT2D eigenvalue weighted by atomic mass is 16.1. The number of rotatable bonds is 4. The van der Waals surface area contributed by atoms with E-state index in [1.807, 2.05) is 12.1 Å². The first-order chi connectivity index (χ1) is 9.13. The van der Waals surface area contributed by atoms with Crippen molar-refractivity contribution in [2.75, 3.05) is 5.32 Å². The molecule has 0 unspecified atom stereocenters. The average molecular weight is 259 g/mol. The van der Waals surface area contributed by atoms with Crippen molar-refractivity contribution < 1.29 is 4.79 Å². The summed E-state index contributed by atoms with van der Waals surface area (Å²) in [6.07, 6.45) is 8.43. The third-order valence-corrected chi connectivity index (χ3v) is 4.01. The molecule has 0 aromatic heterocycles. The van der Waals surface area contributed by atoms with E-state index in [9.17, 15) is 4.79 Å². The van der Waals surface area contributed by atoms with E-state index in [4.69, 9.17) is 0 Å². The molecule has 1 aliphatic carbocycles. The van der Waals surface area contributed by atoms with Crippen molar-refractivity contribution in [3.8, 4) is 0 Å². The molecule has 104 valence electrons. The molecule has 0 bridgehead atoms. The second kappa shape index (κ2) is 6.74. The van der Waals surface area contributed by atoms with Crippen LogP contribution in [0, 0.1) is 19.8 Å². The molecular formula is C17H25NO. The Morgan fingerprint density at radius 2 is 1.74 bits per heavy atom. The largest absolute Gasteiger partial charge is 0.326 e. The molecule has 1 aliphatic rings. The molecule has 1 saturated carbocycles. The normalized spacial score (nSPS) is 16.3. The number of carbonyl (C=O) groups excluding carboxylic acids is 1. The Kier molecular flexibility index (Phi) is 5.00. The van der Waals surface area contributed by atoms with Crippen LogP contribution in [0.3, 0.4) is 0 Å². The standard InChI is InChI=1S/C17H25NO/c1-13-10-14(2)12-16(11-13)18-17(19)9-8-15-6-4-3-5-7-15/h10-12,15H,3-9H2,1-2H3,(H,18,19). The van der Waals surface area contributed by atoms with E-state index in [0.29, 0.717) is 6.42 Å². The van der Waals surface area contributed by atoms with Gasteiger partial charge in [-0.05, 0) is 49.4 Å². The topological polar surface area (TPSA) is 29.1 Å². The summed E-state index contributed by atoms with van der Waals surface area (Å²) in [7, 11) is 0. The van der Waals surface area contributed by atoms with Crippen LogP contribution in [0.4, 0.5) is 5.69 Å². The molecule has 2 heteroatoms. The number of anilines is 1. The van der Waals surface area contributed by atoms with E-state index >= 15 is 0 Å². The lowest BCUT2D eigenvalue weighted by atomic mass is 9.86. The van der Waals surface area contributed by atoms with Crippen molar-refractivity contribution in [3.05, 3.63) is 29.3 Å². The number of benzene rings is 1. The van der Waals surface area contributed by atoms with E-state index in [1.165, 1.54) is 43.2 Å². The first-order valence-corrected chi connectivity index (χ1v) is 7.51. The van der Waals surface area contributed by atoms with Crippen molar-refractivity contribution in [2.24, 2.45) is 5.92 Å². The third kappa shape index (κ3) is 4.70. The molecule has 1 fully saturated rings. The molecule has 2 rings (SSSR count). The summed E-state index contributed by atoms with van der Waals surface area (Å²) >= 11 is 0. The maximum atomic E-state index is 12.0. The lowest BCUT2D eigenvalue weighted by Gasteiger charge is -2.21. The highest BCUT2D eigenvalue weighted by Crippen LogP contribution is 2.27. The summed E-state index contributed by atoms with van der Waals surface area (Å²) in [6.45, 7) is 4.12. The minimum absolute atomic E-state index is 0.163. The summed E-state index contributed by atoms with van der Waals surface area (Å²) in [4.78, 5) is 12.0. The Hall–Kier alpha value is -1.31. The van der Waals surface area contributed by atoms with Gasteiger partial charge in [-0.25, -0.2) is 0 Å². The molecule has 1 amide bonds. The lowest BCUT2D eigenvalue weighted by Crippen LogP contribution is -2.15. The van der Waals surface area contributed by atoms with Gasteiger partial charge in [0.2, 0.25) is 5.91 Å². The molecule has 0 aliphatic heterocycles. The number of nitrogens with one attached hydrogen (secondary N) is 1. The van der Waals surface area contributed by atoms with Gasteiger partial charge in [0.25, 0.3) is 0 Å². The monoisotopic (exact) mass is 259 g/mol. The van der Waals surface area contributed by atoms with Gasteiger partial charge in [0.05, 0.1) is 0 Å². The van der Waals surface area contributed by atoms with E-state index in [-0.39, 0.29) is 5.91 Å². The predicted molar refractivity (Wildman–Crippen MR) is 80.4 cm³/mol. The molecule has 0 atom stereocenters.